The van der Waals surface area contributed by atoms with Gasteiger partial charge in [0.25, 0.3) is 0 Å². The van der Waals surface area contributed by atoms with Crippen molar-refractivity contribution >= 4 is 23.2 Å². The van der Waals surface area contributed by atoms with Crippen molar-refractivity contribution in [3.63, 3.8) is 0 Å². The first-order chi connectivity index (χ1) is 13.6. The molecule has 1 fully saturated rings. The number of nitrogens with zero attached hydrogens (tertiary/aromatic N) is 1. The zero-order valence-corrected chi connectivity index (χ0v) is 16.5. The highest BCUT2D eigenvalue weighted by atomic mass is 16.2. The van der Waals surface area contributed by atoms with E-state index < -0.39 is 0 Å². The van der Waals surface area contributed by atoms with Crippen LogP contribution in [-0.2, 0) is 9.59 Å². The summed E-state index contributed by atoms with van der Waals surface area (Å²) in [6.45, 7) is 5.04. The molecule has 1 aliphatic heterocycles. The Balaban J connectivity index is 1.47. The van der Waals surface area contributed by atoms with Gasteiger partial charge in [0.15, 0.2) is 0 Å². The third-order valence-corrected chi connectivity index (χ3v) is 5.01. The van der Waals surface area contributed by atoms with Gasteiger partial charge in [0.1, 0.15) is 0 Å². The molecule has 0 unspecified atom stereocenters. The van der Waals surface area contributed by atoms with Crippen LogP contribution in [0, 0.1) is 0 Å². The van der Waals surface area contributed by atoms with E-state index in [9.17, 15) is 9.59 Å². The predicted molar refractivity (Wildman–Crippen MR) is 114 cm³/mol. The Labute approximate surface area is 167 Å². The first-order valence-corrected chi connectivity index (χ1v) is 10.1. The lowest BCUT2D eigenvalue weighted by molar-refractivity contribution is -0.116. The van der Waals surface area contributed by atoms with Crippen LogP contribution in [0.15, 0.2) is 48.5 Å². The number of anilines is 2. The van der Waals surface area contributed by atoms with Crippen molar-refractivity contribution in [2.45, 2.75) is 39.0 Å². The van der Waals surface area contributed by atoms with E-state index in [1.807, 2.05) is 48.5 Å². The lowest BCUT2D eigenvalue weighted by atomic mass is 10.0. The molecular formula is C23H29N3O2. The van der Waals surface area contributed by atoms with Crippen molar-refractivity contribution in [1.29, 1.82) is 0 Å². The second-order valence-corrected chi connectivity index (χ2v) is 7.39. The fraction of sp³-hybridized carbons (Fsp3) is 0.391. The van der Waals surface area contributed by atoms with Crippen LogP contribution in [0.1, 0.15) is 39.0 Å². The molecule has 0 bridgehead atoms. The number of hydrogen-bond donors (Lipinski definition) is 2. The Kier molecular flexibility index (Phi) is 7.20. The van der Waals surface area contributed by atoms with Crippen molar-refractivity contribution in [2.75, 3.05) is 30.3 Å². The molecule has 2 amide bonds. The van der Waals surface area contributed by atoms with E-state index in [1.54, 1.807) is 0 Å². The molecule has 5 heteroatoms. The highest BCUT2D eigenvalue weighted by Gasteiger charge is 2.11. The van der Waals surface area contributed by atoms with Gasteiger partial charge in [-0.1, -0.05) is 24.3 Å². The summed E-state index contributed by atoms with van der Waals surface area (Å²) in [7, 11) is 0. The monoisotopic (exact) mass is 379 g/mol. The molecule has 2 N–H and O–H groups in total. The Morgan fingerprint density at radius 1 is 0.893 bits per heavy atom. The third-order valence-electron chi connectivity index (χ3n) is 5.01. The molecule has 28 heavy (non-hydrogen) atoms. The van der Waals surface area contributed by atoms with Gasteiger partial charge in [-0.2, -0.15) is 0 Å². The average molecular weight is 380 g/mol. The summed E-state index contributed by atoms with van der Waals surface area (Å²) in [5.41, 5.74) is 3.64. The van der Waals surface area contributed by atoms with Gasteiger partial charge in [0.05, 0.1) is 0 Å². The van der Waals surface area contributed by atoms with Crippen molar-refractivity contribution in [3.05, 3.63) is 48.5 Å². The third kappa shape index (κ3) is 6.20. The van der Waals surface area contributed by atoms with E-state index in [2.05, 4.69) is 15.5 Å². The summed E-state index contributed by atoms with van der Waals surface area (Å²) in [4.78, 5) is 25.8. The number of unbranched alkanes of at least 4 members (excludes halogenated alkanes) is 1. The van der Waals surface area contributed by atoms with E-state index >= 15 is 0 Å². The minimum atomic E-state index is -0.0874. The van der Waals surface area contributed by atoms with Gasteiger partial charge in [-0.15, -0.1) is 0 Å². The number of hydrogen-bond acceptors (Lipinski definition) is 3. The molecule has 0 aliphatic carbocycles. The molecule has 5 nitrogen and oxygen atoms in total. The molecule has 1 heterocycles. The topological polar surface area (TPSA) is 61.4 Å². The van der Waals surface area contributed by atoms with Crippen molar-refractivity contribution in [1.82, 2.24) is 4.90 Å². The number of carbonyl (C=O) groups excluding carboxylic acids is 2. The van der Waals surface area contributed by atoms with Crippen LogP contribution >= 0.6 is 0 Å². The minimum absolute atomic E-state index is 0.0711. The molecular weight excluding hydrogens is 350 g/mol. The Morgan fingerprint density at radius 2 is 1.64 bits per heavy atom. The number of likely N-dealkylation sites (tertiary alicyclic amines) is 1. The predicted octanol–water partition coefficient (Wildman–Crippen LogP) is 4.52. The van der Waals surface area contributed by atoms with E-state index in [0.717, 1.165) is 41.9 Å². The average Bonchev–Trinajstić information content (AvgIpc) is 3.19. The van der Waals surface area contributed by atoms with Crippen LogP contribution in [-0.4, -0.2) is 36.3 Å². The van der Waals surface area contributed by atoms with Gasteiger partial charge in [-0.05, 0) is 80.7 Å². The zero-order chi connectivity index (χ0) is 19.8. The first-order valence-electron chi connectivity index (χ1n) is 10.1. The molecule has 0 saturated carbocycles. The summed E-state index contributed by atoms with van der Waals surface area (Å²) >= 11 is 0. The molecule has 0 atom stereocenters. The Hall–Kier alpha value is -2.66. The smallest absolute Gasteiger partial charge is 0.224 e. The fourth-order valence-corrected chi connectivity index (χ4v) is 3.58. The largest absolute Gasteiger partial charge is 0.326 e. The Morgan fingerprint density at radius 3 is 2.36 bits per heavy atom. The number of amides is 2. The quantitative estimate of drug-likeness (QED) is 0.663. The van der Waals surface area contributed by atoms with Crippen LogP contribution in [0.3, 0.4) is 0 Å². The molecule has 3 rings (SSSR count). The van der Waals surface area contributed by atoms with E-state index in [0.29, 0.717) is 6.42 Å². The highest BCUT2D eigenvalue weighted by Crippen LogP contribution is 2.24. The van der Waals surface area contributed by atoms with E-state index in [4.69, 9.17) is 0 Å². The summed E-state index contributed by atoms with van der Waals surface area (Å²) in [6.07, 6.45) is 5.20. The van der Waals surface area contributed by atoms with Gasteiger partial charge >= 0.3 is 0 Å². The number of benzene rings is 2. The van der Waals surface area contributed by atoms with Gasteiger partial charge in [0, 0.05) is 24.7 Å². The Bertz CT molecular complexity index is 796. The van der Waals surface area contributed by atoms with Gasteiger partial charge in [-0.3, -0.25) is 9.59 Å². The van der Waals surface area contributed by atoms with Gasteiger partial charge in [0.2, 0.25) is 11.8 Å². The number of carbonyl (C=O) groups is 2. The standard InChI is InChI=1S/C23H29N3O2/c1-18(27)24-22-8-6-7-20(17-22)19-10-12-21(13-11-19)25-23(28)9-2-3-14-26-15-4-5-16-26/h6-8,10-13,17H,2-5,9,14-16H2,1H3,(H,24,27)(H,25,28). The van der Waals surface area contributed by atoms with Crippen LogP contribution in [0.4, 0.5) is 11.4 Å². The van der Waals surface area contributed by atoms with Crippen molar-refractivity contribution in [3.8, 4) is 11.1 Å². The zero-order valence-electron chi connectivity index (χ0n) is 16.5. The molecule has 2 aromatic carbocycles. The molecule has 1 aliphatic rings. The maximum atomic E-state index is 12.1. The van der Waals surface area contributed by atoms with Crippen LogP contribution in [0.2, 0.25) is 0 Å². The second kappa shape index (κ2) is 10.0. The molecule has 0 aromatic heterocycles. The summed E-state index contributed by atoms with van der Waals surface area (Å²) in [5.74, 6) is -0.0162. The highest BCUT2D eigenvalue weighted by molar-refractivity contribution is 5.91. The van der Waals surface area contributed by atoms with Gasteiger partial charge < -0.3 is 15.5 Å². The van der Waals surface area contributed by atoms with Gasteiger partial charge in [-0.25, -0.2) is 0 Å². The summed E-state index contributed by atoms with van der Waals surface area (Å²) in [6, 6.07) is 15.5. The van der Waals surface area contributed by atoms with Crippen LogP contribution < -0.4 is 10.6 Å². The van der Waals surface area contributed by atoms with Crippen LogP contribution in [0.5, 0.6) is 0 Å². The second-order valence-electron chi connectivity index (χ2n) is 7.39. The van der Waals surface area contributed by atoms with E-state index in [-0.39, 0.29) is 11.8 Å². The molecule has 1 saturated heterocycles. The SMILES string of the molecule is CC(=O)Nc1cccc(-c2ccc(NC(=O)CCCCN3CCCC3)cc2)c1. The minimum Gasteiger partial charge on any atom is -0.326 e. The number of rotatable bonds is 8. The number of nitrogens with one attached hydrogen (secondary N) is 2. The van der Waals surface area contributed by atoms with Crippen molar-refractivity contribution in [2.24, 2.45) is 0 Å². The molecule has 2 aromatic rings. The van der Waals surface area contributed by atoms with E-state index in [1.165, 1.54) is 32.9 Å². The molecule has 0 spiro atoms. The summed E-state index contributed by atoms with van der Waals surface area (Å²) < 4.78 is 0. The lowest BCUT2D eigenvalue weighted by Crippen LogP contribution is -2.20. The van der Waals surface area contributed by atoms with Crippen molar-refractivity contribution < 1.29 is 9.59 Å². The lowest BCUT2D eigenvalue weighted by Gasteiger charge is -2.13. The van der Waals surface area contributed by atoms with Crippen LogP contribution in [0.25, 0.3) is 11.1 Å². The molecule has 0 radical (unpaired) electrons. The maximum Gasteiger partial charge on any atom is 0.224 e. The normalized spacial score (nSPS) is 14.0. The summed E-state index contributed by atoms with van der Waals surface area (Å²) in [5, 5.41) is 5.77. The maximum absolute atomic E-state index is 12.1. The molecule has 148 valence electrons. The fourth-order valence-electron chi connectivity index (χ4n) is 3.58. The first kappa shape index (κ1) is 20.1.